The predicted octanol–water partition coefficient (Wildman–Crippen LogP) is 3.87. The Balaban J connectivity index is 1.35. The van der Waals surface area contributed by atoms with E-state index in [2.05, 4.69) is 20.9 Å². The molecule has 0 aliphatic carbocycles. The number of morpholine rings is 1. The Labute approximate surface area is 216 Å². The van der Waals surface area contributed by atoms with E-state index in [1.807, 2.05) is 24.3 Å². The minimum absolute atomic E-state index is 0.0813. The van der Waals surface area contributed by atoms with Crippen LogP contribution in [0.25, 0.3) is 0 Å². The molecule has 3 aliphatic rings. The first-order valence-corrected chi connectivity index (χ1v) is 13.0. The number of halogens is 2. The Morgan fingerprint density at radius 1 is 1.14 bits per heavy atom. The topological polar surface area (TPSA) is 58.1 Å². The van der Waals surface area contributed by atoms with Crippen molar-refractivity contribution < 1.29 is 14.3 Å². The van der Waals surface area contributed by atoms with Crippen LogP contribution in [0.15, 0.2) is 36.4 Å². The van der Waals surface area contributed by atoms with Crippen LogP contribution in [-0.2, 0) is 14.9 Å². The lowest BCUT2D eigenvalue weighted by Crippen LogP contribution is -2.62. The molecular weight excluding hydrogens is 487 g/mol. The first-order chi connectivity index (χ1) is 17.0. The van der Waals surface area contributed by atoms with Crippen LogP contribution in [0.3, 0.4) is 0 Å². The van der Waals surface area contributed by atoms with Crippen LogP contribution in [0.2, 0.25) is 10.0 Å². The summed E-state index contributed by atoms with van der Waals surface area (Å²) >= 11 is 12.7. The zero-order valence-electron chi connectivity index (χ0n) is 20.1. The van der Waals surface area contributed by atoms with Crippen molar-refractivity contribution in [1.82, 2.24) is 14.8 Å². The first kappa shape index (κ1) is 24.8. The number of hydrogen-bond donors (Lipinski definition) is 0. The molecule has 4 heterocycles. The zero-order valence-corrected chi connectivity index (χ0v) is 21.6. The van der Waals surface area contributed by atoms with Gasteiger partial charge in [-0.1, -0.05) is 35.3 Å². The number of piperidine rings is 1. The fourth-order valence-corrected chi connectivity index (χ4v) is 5.81. The Morgan fingerprint density at radius 3 is 2.69 bits per heavy atom. The standard InChI is InChI=1S/C26H32Cl2N4O3/c1-34-24-4-2-3-23(29-24)32-18-26(8-7-25(32)33,19-5-6-21(27)22(28)15-19)9-10-30-16-20(17-30)31-11-13-35-14-12-31/h2-6,15,20H,7-14,16-18H2,1H3/t26-/m1/s1. The fourth-order valence-electron chi connectivity index (χ4n) is 5.51. The lowest BCUT2D eigenvalue weighted by molar-refractivity contribution is -0.120. The second-order valence-corrected chi connectivity index (χ2v) is 10.6. The molecule has 1 amide bonds. The Bertz CT molecular complexity index is 1060. The van der Waals surface area contributed by atoms with E-state index in [1.165, 1.54) is 0 Å². The summed E-state index contributed by atoms with van der Waals surface area (Å²) in [5.74, 6) is 1.20. The molecule has 1 aromatic carbocycles. The van der Waals surface area contributed by atoms with Crippen LogP contribution in [0.1, 0.15) is 24.8 Å². The van der Waals surface area contributed by atoms with Gasteiger partial charge in [0.15, 0.2) is 0 Å². The summed E-state index contributed by atoms with van der Waals surface area (Å²) in [6.07, 6.45) is 2.15. The number of pyridine rings is 1. The fraction of sp³-hybridized carbons (Fsp3) is 0.538. The van der Waals surface area contributed by atoms with E-state index in [1.54, 1.807) is 18.1 Å². The molecule has 0 radical (unpaired) electrons. The van der Waals surface area contributed by atoms with Gasteiger partial charge in [-0.15, -0.1) is 0 Å². The Hall–Kier alpha value is -1.90. The molecule has 0 N–H and O–H groups in total. The molecule has 3 fully saturated rings. The third-order valence-electron chi connectivity index (χ3n) is 7.71. The SMILES string of the molecule is COc1cccc(N2C[C@@](CCN3CC(N4CCOCC4)C3)(c3ccc(Cl)c(Cl)c3)CCC2=O)n1. The van der Waals surface area contributed by atoms with Crippen molar-refractivity contribution in [2.45, 2.75) is 30.7 Å². The van der Waals surface area contributed by atoms with Gasteiger partial charge in [0, 0.05) is 56.7 Å². The van der Waals surface area contributed by atoms with Gasteiger partial charge < -0.3 is 14.4 Å². The highest BCUT2D eigenvalue weighted by Gasteiger charge is 2.42. The van der Waals surface area contributed by atoms with E-state index in [9.17, 15) is 4.79 Å². The normalized spacial score (nSPS) is 24.4. The quantitative estimate of drug-likeness (QED) is 0.554. The van der Waals surface area contributed by atoms with E-state index in [4.69, 9.17) is 32.7 Å². The number of anilines is 1. The summed E-state index contributed by atoms with van der Waals surface area (Å²) in [6.45, 7) is 7.39. The maximum atomic E-state index is 13.0. The highest BCUT2D eigenvalue weighted by atomic mass is 35.5. The predicted molar refractivity (Wildman–Crippen MR) is 138 cm³/mol. The van der Waals surface area contributed by atoms with Crippen LogP contribution < -0.4 is 9.64 Å². The molecular formula is C26H32Cl2N4O3. The Kier molecular flexibility index (Phi) is 7.51. The summed E-state index contributed by atoms with van der Waals surface area (Å²) in [5.41, 5.74) is 0.884. The average Bonchev–Trinajstić information content (AvgIpc) is 2.86. The van der Waals surface area contributed by atoms with Crippen LogP contribution >= 0.6 is 23.2 Å². The molecule has 1 atom stereocenters. The molecule has 35 heavy (non-hydrogen) atoms. The maximum Gasteiger partial charge on any atom is 0.228 e. The van der Waals surface area contributed by atoms with Gasteiger partial charge in [0.25, 0.3) is 0 Å². The summed E-state index contributed by atoms with van der Waals surface area (Å²) in [6, 6.07) is 12.0. The molecule has 0 unspecified atom stereocenters. The molecule has 0 spiro atoms. The molecule has 0 bridgehead atoms. The molecule has 9 heteroatoms. The van der Waals surface area contributed by atoms with Crippen LogP contribution in [-0.4, -0.2) is 86.3 Å². The average molecular weight is 519 g/mol. The van der Waals surface area contributed by atoms with Crippen molar-refractivity contribution in [1.29, 1.82) is 0 Å². The van der Waals surface area contributed by atoms with Crippen molar-refractivity contribution in [2.24, 2.45) is 0 Å². The van der Waals surface area contributed by atoms with Crippen LogP contribution in [0.4, 0.5) is 5.82 Å². The molecule has 3 aliphatic heterocycles. The number of carbonyl (C=O) groups excluding carboxylic acids is 1. The third kappa shape index (κ3) is 5.30. The Morgan fingerprint density at radius 2 is 1.94 bits per heavy atom. The molecule has 7 nitrogen and oxygen atoms in total. The molecule has 2 aromatic rings. The first-order valence-electron chi connectivity index (χ1n) is 12.3. The van der Waals surface area contributed by atoms with Gasteiger partial charge in [0.2, 0.25) is 11.8 Å². The number of hydrogen-bond acceptors (Lipinski definition) is 6. The smallest absolute Gasteiger partial charge is 0.228 e. The summed E-state index contributed by atoms with van der Waals surface area (Å²) < 4.78 is 10.8. The second kappa shape index (κ2) is 10.6. The minimum Gasteiger partial charge on any atom is -0.481 e. The number of benzene rings is 1. The number of ether oxygens (including phenoxy) is 2. The van der Waals surface area contributed by atoms with Crippen molar-refractivity contribution in [3.63, 3.8) is 0 Å². The molecule has 5 rings (SSSR count). The largest absolute Gasteiger partial charge is 0.481 e. The van der Waals surface area contributed by atoms with Gasteiger partial charge in [-0.2, -0.15) is 4.98 Å². The number of likely N-dealkylation sites (tertiary alicyclic amines) is 1. The van der Waals surface area contributed by atoms with Gasteiger partial charge in [0.05, 0.1) is 30.4 Å². The van der Waals surface area contributed by atoms with Gasteiger partial charge >= 0.3 is 0 Å². The lowest BCUT2D eigenvalue weighted by atomic mass is 9.71. The van der Waals surface area contributed by atoms with Gasteiger partial charge in [-0.3, -0.25) is 14.6 Å². The van der Waals surface area contributed by atoms with E-state index >= 15 is 0 Å². The number of methoxy groups -OCH3 is 1. The molecule has 3 saturated heterocycles. The summed E-state index contributed by atoms with van der Waals surface area (Å²) in [4.78, 5) is 24.5. The summed E-state index contributed by atoms with van der Waals surface area (Å²) in [7, 11) is 1.58. The van der Waals surface area contributed by atoms with Crippen LogP contribution in [0, 0.1) is 0 Å². The van der Waals surface area contributed by atoms with Crippen molar-refractivity contribution in [3.8, 4) is 5.88 Å². The number of aromatic nitrogens is 1. The van der Waals surface area contributed by atoms with E-state index in [0.717, 1.165) is 64.3 Å². The molecule has 1 aromatic heterocycles. The van der Waals surface area contributed by atoms with Crippen molar-refractivity contribution in [3.05, 3.63) is 52.0 Å². The highest BCUT2D eigenvalue weighted by Crippen LogP contribution is 2.41. The van der Waals surface area contributed by atoms with Crippen LogP contribution in [0.5, 0.6) is 5.88 Å². The van der Waals surface area contributed by atoms with E-state index in [0.29, 0.717) is 40.8 Å². The number of carbonyl (C=O) groups is 1. The molecule has 0 saturated carbocycles. The third-order valence-corrected chi connectivity index (χ3v) is 8.45. The second-order valence-electron chi connectivity index (χ2n) is 9.74. The van der Waals surface area contributed by atoms with Gasteiger partial charge in [0.1, 0.15) is 5.82 Å². The molecule has 188 valence electrons. The van der Waals surface area contributed by atoms with E-state index in [-0.39, 0.29) is 11.3 Å². The highest BCUT2D eigenvalue weighted by molar-refractivity contribution is 6.42. The monoisotopic (exact) mass is 518 g/mol. The van der Waals surface area contributed by atoms with E-state index < -0.39 is 0 Å². The van der Waals surface area contributed by atoms with Gasteiger partial charge in [-0.25, -0.2) is 0 Å². The van der Waals surface area contributed by atoms with Crippen molar-refractivity contribution >= 4 is 34.9 Å². The number of nitrogens with zero attached hydrogens (tertiary/aromatic N) is 4. The zero-order chi connectivity index (χ0) is 24.4. The van der Waals surface area contributed by atoms with Gasteiger partial charge in [-0.05, 0) is 43.1 Å². The number of amides is 1. The summed E-state index contributed by atoms with van der Waals surface area (Å²) in [5, 5.41) is 1.09. The lowest BCUT2D eigenvalue weighted by Gasteiger charge is -2.49. The van der Waals surface area contributed by atoms with Crippen molar-refractivity contribution in [2.75, 3.05) is 64.5 Å². The minimum atomic E-state index is -0.239. The number of rotatable bonds is 7. The maximum absolute atomic E-state index is 13.0.